The molecule has 2 aliphatic rings. The molecule has 1 atom stereocenters. The first-order valence-corrected chi connectivity index (χ1v) is 8.02. The maximum Gasteiger partial charge on any atom is 0.354 e. The fourth-order valence-electron chi connectivity index (χ4n) is 3.29. The molecule has 26 heavy (non-hydrogen) atoms. The quantitative estimate of drug-likeness (QED) is 0.844. The van der Waals surface area contributed by atoms with Crippen molar-refractivity contribution in [3.05, 3.63) is 41.7 Å². The van der Waals surface area contributed by atoms with Gasteiger partial charge in [-0.1, -0.05) is 0 Å². The van der Waals surface area contributed by atoms with Gasteiger partial charge in [0.05, 0.1) is 17.3 Å². The molecule has 130 valence electrons. The van der Waals surface area contributed by atoms with Gasteiger partial charge in [-0.15, -0.1) is 0 Å². The lowest BCUT2D eigenvalue weighted by molar-refractivity contribution is 0.0690. The van der Waals surface area contributed by atoms with Crippen molar-refractivity contribution in [1.82, 2.24) is 9.97 Å². The number of nitriles is 1. The number of amides is 2. The van der Waals surface area contributed by atoms with Crippen LogP contribution in [0.4, 0.5) is 22.1 Å². The van der Waals surface area contributed by atoms with Gasteiger partial charge in [0, 0.05) is 19.3 Å². The van der Waals surface area contributed by atoms with Crippen molar-refractivity contribution < 1.29 is 14.7 Å². The van der Waals surface area contributed by atoms with Crippen LogP contribution in [0, 0.1) is 11.3 Å². The van der Waals surface area contributed by atoms with Gasteiger partial charge in [-0.05, 0) is 30.7 Å². The van der Waals surface area contributed by atoms with E-state index in [0.29, 0.717) is 23.7 Å². The summed E-state index contributed by atoms with van der Waals surface area (Å²) in [5.41, 5.74) is 1.03. The molecule has 2 amide bonds. The highest BCUT2D eigenvalue weighted by Crippen LogP contribution is 2.39. The van der Waals surface area contributed by atoms with E-state index in [1.165, 1.54) is 17.2 Å². The zero-order valence-corrected chi connectivity index (χ0v) is 13.6. The molecule has 4 heterocycles. The van der Waals surface area contributed by atoms with E-state index in [-0.39, 0.29) is 11.7 Å². The van der Waals surface area contributed by atoms with E-state index in [4.69, 9.17) is 5.26 Å². The smallest absolute Gasteiger partial charge is 0.354 e. The van der Waals surface area contributed by atoms with Gasteiger partial charge in [0.15, 0.2) is 11.5 Å². The number of hydrogen-bond acceptors (Lipinski definition) is 6. The summed E-state index contributed by atoms with van der Waals surface area (Å²) in [5, 5.41) is 20.7. The van der Waals surface area contributed by atoms with Gasteiger partial charge in [0.1, 0.15) is 11.9 Å². The number of hydrogen-bond donors (Lipinski definition) is 2. The third-order valence-corrected chi connectivity index (χ3v) is 4.52. The molecule has 9 heteroatoms. The summed E-state index contributed by atoms with van der Waals surface area (Å²) in [5.74, 6) is -0.495. The second-order valence-electron chi connectivity index (χ2n) is 6.08. The van der Waals surface area contributed by atoms with Gasteiger partial charge in [-0.2, -0.15) is 5.26 Å². The molecule has 0 saturated carbocycles. The number of aromatic nitrogens is 2. The van der Waals surface area contributed by atoms with Crippen LogP contribution < -0.4 is 15.1 Å². The third kappa shape index (κ3) is 2.57. The Morgan fingerprint density at radius 1 is 1.31 bits per heavy atom. The normalized spacial score (nSPS) is 17.4. The fourth-order valence-corrected chi connectivity index (χ4v) is 3.29. The molecule has 1 fully saturated rings. The van der Waals surface area contributed by atoms with E-state index in [9.17, 15) is 14.7 Å². The van der Waals surface area contributed by atoms with E-state index >= 15 is 0 Å². The molecule has 1 saturated heterocycles. The number of rotatable bonds is 2. The first-order valence-electron chi connectivity index (χ1n) is 8.02. The number of nitrogens with one attached hydrogen (secondary N) is 1. The molecule has 0 unspecified atom stereocenters. The average Bonchev–Trinajstić information content (AvgIpc) is 3.06. The summed E-state index contributed by atoms with van der Waals surface area (Å²) in [6, 6.07) is 7.69. The summed E-state index contributed by atoms with van der Waals surface area (Å²) >= 11 is 0. The summed E-state index contributed by atoms with van der Waals surface area (Å²) in [4.78, 5) is 36.0. The number of carboxylic acids is 1. The molecule has 0 spiro atoms. The summed E-state index contributed by atoms with van der Waals surface area (Å²) < 4.78 is 0. The molecular weight excluding hydrogens is 336 g/mol. The van der Waals surface area contributed by atoms with Gasteiger partial charge in [-0.3, -0.25) is 10.2 Å². The fraction of sp³-hybridized carbons (Fsp3) is 0.235. The Bertz CT molecular complexity index is 937. The highest BCUT2D eigenvalue weighted by molar-refractivity contribution is 6.04. The first kappa shape index (κ1) is 15.8. The number of carbonyl (C=O) groups is 2. The number of pyridine rings is 2. The highest BCUT2D eigenvalue weighted by atomic mass is 16.4. The Hall–Kier alpha value is -3.67. The molecule has 9 nitrogen and oxygen atoms in total. The average molecular weight is 350 g/mol. The van der Waals surface area contributed by atoms with Gasteiger partial charge >= 0.3 is 12.0 Å². The van der Waals surface area contributed by atoms with Crippen LogP contribution in [0.2, 0.25) is 0 Å². The Morgan fingerprint density at radius 3 is 2.85 bits per heavy atom. The van der Waals surface area contributed by atoms with Crippen molar-refractivity contribution in [2.45, 2.75) is 12.5 Å². The van der Waals surface area contributed by atoms with Crippen molar-refractivity contribution in [2.24, 2.45) is 0 Å². The maximum absolute atomic E-state index is 12.9. The van der Waals surface area contributed by atoms with Gasteiger partial charge in [0.2, 0.25) is 0 Å². The van der Waals surface area contributed by atoms with Crippen LogP contribution in [-0.2, 0) is 0 Å². The number of carbonyl (C=O) groups excluding carboxylic acids is 1. The molecule has 4 rings (SSSR count). The second-order valence-corrected chi connectivity index (χ2v) is 6.08. The Kier molecular flexibility index (Phi) is 3.65. The van der Waals surface area contributed by atoms with E-state index in [2.05, 4.69) is 20.2 Å². The molecule has 2 N–H and O–H groups in total. The molecule has 2 aromatic rings. The SMILES string of the molecule is N#Cc1ccc(NC(=O)N2c3nc(C(=O)O)ccc3N3CC[C@H]2C3)nc1. The predicted octanol–water partition coefficient (Wildman–Crippen LogP) is 1.68. The lowest BCUT2D eigenvalue weighted by Gasteiger charge is -2.35. The Morgan fingerprint density at radius 2 is 2.15 bits per heavy atom. The number of urea groups is 1. The third-order valence-electron chi connectivity index (χ3n) is 4.52. The van der Waals surface area contributed by atoms with Crippen LogP contribution in [0.1, 0.15) is 22.5 Å². The topological polar surface area (TPSA) is 122 Å². The molecular formula is C17H14N6O3. The minimum atomic E-state index is -1.14. The number of nitrogens with zero attached hydrogens (tertiary/aromatic N) is 5. The lowest BCUT2D eigenvalue weighted by Crippen LogP contribution is -2.48. The van der Waals surface area contributed by atoms with E-state index in [1.54, 1.807) is 18.2 Å². The van der Waals surface area contributed by atoms with Crippen LogP contribution in [0.25, 0.3) is 0 Å². The van der Waals surface area contributed by atoms with Crippen LogP contribution in [0.5, 0.6) is 0 Å². The Balaban J connectivity index is 1.67. The van der Waals surface area contributed by atoms with Crippen molar-refractivity contribution in [3.8, 4) is 6.07 Å². The predicted molar refractivity (Wildman–Crippen MR) is 92.3 cm³/mol. The van der Waals surface area contributed by atoms with Crippen molar-refractivity contribution in [3.63, 3.8) is 0 Å². The van der Waals surface area contributed by atoms with Gasteiger partial charge in [0.25, 0.3) is 0 Å². The summed E-state index contributed by atoms with van der Waals surface area (Å²) in [6.45, 7) is 1.46. The van der Waals surface area contributed by atoms with Crippen LogP contribution in [0.3, 0.4) is 0 Å². The molecule has 2 bridgehead atoms. The van der Waals surface area contributed by atoms with Crippen molar-refractivity contribution in [2.75, 3.05) is 28.2 Å². The Labute approximate surface area is 148 Å². The molecule has 2 aliphatic heterocycles. The number of carboxylic acid groups (broad SMARTS) is 1. The first-order chi connectivity index (χ1) is 12.6. The number of fused-ring (bicyclic) bond motifs is 4. The zero-order chi connectivity index (χ0) is 18.3. The number of aromatic carboxylic acids is 1. The zero-order valence-electron chi connectivity index (χ0n) is 13.6. The molecule has 0 aromatic carbocycles. The van der Waals surface area contributed by atoms with Crippen LogP contribution in [-0.4, -0.2) is 46.2 Å². The number of anilines is 3. The molecule has 0 radical (unpaired) electrons. The maximum atomic E-state index is 12.9. The molecule has 0 aliphatic carbocycles. The monoisotopic (exact) mass is 350 g/mol. The summed E-state index contributed by atoms with van der Waals surface area (Å²) in [6.07, 6.45) is 2.14. The minimum Gasteiger partial charge on any atom is -0.477 e. The standard InChI is InChI=1S/C17H14N6O3/c18-7-10-1-4-14(19-8-10)21-17(26)23-11-5-6-22(9-11)13-3-2-12(16(24)25)20-15(13)23/h1-4,8,11H,5-6,9H2,(H,24,25)(H,19,21,26)/t11-/m0/s1. The highest BCUT2D eigenvalue weighted by Gasteiger charge is 2.40. The van der Waals surface area contributed by atoms with E-state index < -0.39 is 12.0 Å². The lowest BCUT2D eigenvalue weighted by atomic mass is 10.2. The second kappa shape index (κ2) is 6.00. The largest absolute Gasteiger partial charge is 0.477 e. The van der Waals surface area contributed by atoms with Gasteiger partial charge < -0.3 is 10.0 Å². The van der Waals surface area contributed by atoms with Crippen molar-refractivity contribution in [1.29, 1.82) is 5.26 Å². The van der Waals surface area contributed by atoms with Gasteiger partial charge in [-0.25, -0.2) is 19.6 Å². The van der Waals surface area contributed by atoms with E-state index in [1.807, 2.05) is 6.07 Å². The van der Waals surface area contributed by atoms with Crippen LogP contribution >= 0.6 is 0 Å². The minimum absolute atomic E-state index is 0.0857. The van der Waals surface area contributed by atoms with Crippen molar-refractivity contribution >= 4 is 29.3 Å². The van der Waals surface area contributed by atoms with Crippen LogP contribution in [0.15, 0.2) is 30.5 Å². The summed E-state index contributed by atoms with van der Waals surface area (Å²) in [7, 11) is 0. The molecule has 2 aromatic heterocycles. The van der Waals surface area contributed by atoms with E-state index in [0.717, 1.165) is 18.7 Å².